The molecule has 8 nitrogen and oxygen atoms in total. The van der Waals surface area contributed by atoms with Crippen molar-refractivity contribution in [3.63, 3.8) is 0 Å². The van der Waals surface area contributed by atoms with Crippen LogP contribution in [0, 0.1) is 0 Å². The van der Waals surface area contributed by atoms with E-state index in [-0.39, 0.29) is 4.90 Å². The Bertz CT molecular complexity index is 1280. The monoisotopic (exact) mass is 532 g/mol. The number of anilines is 1. The van der Waals surface area contributed by atoms with E-state index in [1.54, 1.807) is 56.5 Å². The average molecular weight is 533 g/mol. The molecule has 0 saturated heterocycles. The molecule has 1 amide bonds. The summed E-state index contributed by atoms with van der Waals surface area (Å²) in [5.41, 5.74) is 1.01. The largest absolute Gasteiger partial charge is 0.497 e. The first-order chi connectivity index (χ1) is 17.2. The molecule has 0 radical (unpaired) electrons. The molecule has 0 heterocycles. The first-order valence-corrected chi connectivity index (χ1v) is 13.0. The summed E-state index contributed by atoms with van der Waals surface area (Å²) in [4.78, 5) is 13.1. The summed E-state index contributed by atoms with van der Waals surface area (Å²) >= 11 is 5.95. The summed E-state index contributed by atoms with van der Waals surface area (Å²) in [6.07, 6.45) is 0. The molecule has 0 spiro atoms. The lowest BCUT2D eigenvalue weighted by Gasteiger charge is -2.25. The number of rotatable bonds is 11. The van der Waals surface area contributed by atoms with Gasteiger partial charge in [0.2, 0.25) is 5.91 Å². The lowest BCUT2D eigenvalue weighted by molar-refractivity contribution is -0.120. The van der Waals surface area contributed by atoms with E-state index in [9.17, 15) is 13.2 Å². The molecule has 0 aromatic heterocycles. The molecule has 0 bridgehead atoms. The third-order valence-electron chi connectivity index (χ3n) is 5.41. The van der Waals surface area contributed by atoms with Gasteiger partial charge in [0.15, 0.2) is 0 Å². The van der Waals surface area contributed by atoms with E-state index in [0.29, 0.717) is 40.1 Å². The molecule has 0 unspecified atom stereocenters. The summed E-state index contributed by atoms with van der Waals surface area (Å²) < 4.78 is 44.3. The van der Waals surface area contributed by atoms with Crippen LogP contribution < -0.4 is 23.8 Å². The molecule has 0 aliphatic carbocycles. The van der Waals surface area contributed by atoms with E-state index in [1.807, 2.05) is 6.92 Å². The van der Waals surface area contributed by atoms with Crippen molar-refractivity contribution in [1.29, 1.82) is 0 Å². The Labute approximate surface area is 216 Å². The second-order valence-corrected chi connectivity index (χ2v) is 10.1. The van der Waals surface area contributed by atoms with Crippen molar-refractivity contribution in [2.45, 2.75) is 24.8 Å². The molecule has 0 aliphatic heterocycles. The molecular formula is C26H29ClN2O6S. The summed E-state index contributed by atoms with van der Waals surface area (Å²) in [6.45, 7) is 3.66. The number of nitrogens with zero attached hydrogens (tertiary/aromatic N) is 1. The van der Waals surface area contributed by atoms with E-state index < -0.39 is 28.5 Å². The van der Waals surface area contributed by atoms with E-state index in [0.717, 1.165) is 4.31 Å². The van der Waals surface area contributed by atoms with Gasteiger partial charge in [0.1, 0.15) is 23.8 Å². The standard InChI is InChI=1S/C26H29ClN2O6S/c1-5-35-21-10-8-20(9-11-21)29(36(31,32)23-13-6-19(27)7-14-23)17-26(30)28-18(2)24-16-22(33-3)12-15-25(24)34-4/h6-16,18H,5,17H2,1-4H3,(H,28,30)/t18-/m1/s1. The van der Waals surface area contributed by atoms with Gasteiger partial charge in [0.05, 0.1) is 37.5 Å². The quantitative estimate of drug-likeness (QED) is 0.380. The highest BCUT2D eigenvalue weighted by Crippen LogP contribution is 2.30. The number of sulfonamides is 1. The third-order valence-corrected chi connectivity index (χ3v) is 7.45. The summed E-state index contributed by atoms with van der Waals surface area (Å²) in [7, 11) is -1.01. The van der Waals surface area contributed by atoms with Crippen LogP contribution in [0.2, 0.25) is 5.02 Å². The lowest BCUT2D eigenvalue weighted by atomic mass is 10.1. The molecule has 36 heavy (non-hydrogen) atoms. The molecule has 10 heteroatoms. The predicted octanol–water partition coefficient (Wildman–Crippen LogP) is 4.83. The lowest BCUT2D eigenvalue weighted by Crippen LogP contribution is -2.41. The van der Waals surface area contributed by atoms with Gasteiger partial charge >= 0.3 is 0 Å². The van der Waals surface area contributed by atoms with Gasteiger partial charge in [-0.15, -0.1) is 0 Å². The maximum atomic E-state index is 13.6. The first-order valence-electron chi connectivity index (χ1n) is 11.2. The van der Waals surface area contributed by atoms with Crippen LogP contribution in [0.5, 0.6) is 17.2 Å². The average Bonchev–Trinajstić information content (AvgIpc) is 2.87. The minimum absolute atomic E-state index is 0.0103. The highest BCUT2D eigenvalue weighted by Gasteiger charge is 2.28. The maximum absolute atomic E-state index is 13.6. The van der Waals surface area contributed by atoms with Gasteiger partial charge in [0, 0.05) is 10.6 Å². The van der Waals surface area contributed by atoms with Gasteiger partial charge in [-0.25, -0.2) is 8.42 Å². The van der Waals surface area contributed by atoms with Crippen molar-refractivity contribution in [2.75, 3.05) is 31.7 Å². The second kappa shape index (κ2) is 12.0. The minimum Gasteiger partial charge on any atom is -0.497 e. The number of halogens is 1. The second-order valence-electron chi connectivity index (χ2n) is 7.79. The van der Waals surface area contributed by atoms with Crippen molar-refractivity contribution >= 4 is 33.2 Å². The molecule has 1 N–H and O–H groups in total. The van der Waals surface area contributed by atoms with Gasteiger partial charge in [-0.1, -0.05) is 11.6 Å². The number of hydrogen-bond acceptors (Lipinski definition) is 6. The molecule has 0 fully saturated rings. The van der Waals surface area contributed by atoms with Gasteiger partial charge in [-0.3, -0.25) is 9.10 Å². The fourth-order valence-corrected chi connectivity index (χ4v) is 5.14. The minimum atomic E-state index is -4.09. The van der Waals surface area contributed by atoms with Crippen LogP contribution in [0.25, 0.3) is 0 Å². The number of ether oxygens (including phenoxy) is 3. The van der Waals surface area contributed by atoms with Crippen LogP contribution >= 0.6 is 11.6 Å². The Kier molecular flexibility index (Phi) is 9.06. The topological polar surface area (TPSA) is 94.2 Å². The zero-order chi connectivity index (χ0) is 26.3. The highest BCUT2D eigenvalue weighted by molar-refractivity contribution is 7.92. The molecule has 3 rings (SSSR count). The van der Waals surface area contributed by atoms with Crippen LogP contribution in [0.1, 0.15) is 25.5 Å². The fourth-order valence-electron chi connectivity index (χ4n) is 3.60. The maximum Gasteiger partial charge on any atom is 0.264 e. The Balaban J connectivity index is 1.91. The van der Waals surface area contributed by atoms with Gasteiger partial charge in [0.25, 0.3) is 10.0 Å². The number of benzene rings is 3. The number of carbonyl (C=O) groups excluding carboxylic acids is 1. The number of methoxy groups -OCH3 is 2. The molecule has 192 valence electrons. The number of amides is 1. The van der Waals surface area contributed by atoms with Crippen molar-refractivity contribution < 1.29 is 27.4 Å². The fraction of sp³-hybridized carbons (Fsp3) is 0.269. The van der Waals surface area contributed by atoms with E-state index in [1.165, 1.54) is 31.4 Å². The molecule has 1 atom stereocenters. The van der Waals surface area contributed by atoms with E-state index in [2.05, 4.69) is 5.32 Å². The van der Waals surface area contributed by atoms with Crippen LogP contribution in [0.3, 0.4) is 0 Å². The molecule has 0 aliphatic rings. The normalized spacial score (nSPS) is 11.9. The summed E-state index contributed by atoms with van der Waals surface area (Å²) in [5, 5.41) is 3.26. The predicted molar refractivity (Wildman–Crippen MR) is 140 cm³/mol. The smallest absolute Gasteiger partial charge is 0.264 e. The number of nitrogens with one attached hydrogen (secondary N) is 1. The van der Waals surface area contributed by atoms with E-state index >= 15 is 0 Å². The number of carbonyl (C=O) groups is 1. The molecule has 3 aromatic carbocycles. The van der Waals surface area contributed by atoms with Crippen molar-refractivity contribution in [3.8, 4) is 17.2 Å². The SMILES string of the molecule is CCOc1ccc(N(CC(=O)N[C@H](C)c2cc(OC)ccc2OC)S(=O)(=O)c2ccc(Cl)cc2)cc1. The molecule has 0 saturated carbocycles. The Morgan fingerprint density at radius 2 is 1.61 bits per heavy atom. The van der Waals surface area contributed by atoms with Gasteiger partial charge in [-0.2, -0.15) is 0 Å². The highest BCUT2D eigenvalue weighted by atomic mass is 35.5. The van der Waals surface area contributed by atoms with Crippen molar-refractivity contribution in [3.05, 3.63) is 77.3 Å². The van der Waals surface area contributed by atoms with Gasteiger partial charge < -0.3 is 19.5 Å². The first kappa shape index (κ1) is 27.2. The van der Waals surface area contributed by atoms with E-state index in [4.69, 9.17) is 25.8 Å². The number of hydrogen-bond donors (Lipinski definition) is 1. The van der Waals surface area contributed by atoms with Crippen molar-refractivity contribution in [2.24, 2.45) is 0 Å². The Morgan fingerprint density at radius 1 is 0.972 bits per heavy atom. The zero-order valence-electron chi connectivity index (χ0n) is 20.5. The Morgan fingerprint density at radius 3 is 2.19 bits per heavy atom. The van der Waals surface area contributed by atoms with Crippen LogP contribution in [0.15, 0.2) is 71.6 Å². The van der Waals surface area contributed by atoms with Gasteiger partial charge in [-0.05, 0) is 80.6 Å². The van der Waals surface area contributed by atoms with Crippen molar-refractivity contribution in [1.82, 2.24) is 5.32 Å². The van der Waals surface area contributed by atoms with Crippen LogP contribution in [-0.4, -0.2) is 41.7 Å². The third kappa shape index (κ3) is 6.41. The summed E-state index contributed by atoms with van der Waals surface area (Å²) in [6, 6.07) is 17.1. The molecular weight excluding hydrogens is 504 g/mol. The summed E-state index contributed by atoms with van der Waals surface area (Å²) in [5.74, 6) is 1.26. The Hall–Kier alpha value is -3.43. The zero-order valence-corrected chi connectivity index (χ0v) is 22.1. The van der Waals surface area contributed by atoms with Crippen LogP contribution in [0.4, 0.5) is 5.69 Å². The molecule has 3 aromatic rings. The van der Waals surface area contributed by atoms with Crippen LogP contribution in [-0.2, 0) is 14.8 Å².